The molecule has 4 unspecified atom stereocenters. The fourth-order valence-corrected chi connectivity index (χ4v) is 5.09. The van der Waals surface area contributed by atoms with E-state index in [1.54, 1.807) is 11.8 Å². The molecule has 2 saturated heterocycles. The summed E-state index contributed by atoms with van der Waals surface area (Å²) in [6.07, 6.45) is 5.97. The standard InChI is InChI=1S/C15H24N2O3S/c18-14(19)8-11-9-21-6-5-17(11)15(20)13-7-10-3-1-2-4-12(10)16-13/h10-13,16H,1-9H2,(H,18,19). The smallest absolute Gasteiger partial charge is 0.305 e. The van der Waals surface area contributed by atoms with Crippen molar-refractivity contribution in [2.24, 2.45) is 5.92 Å². The number of hydrogen-bond donors (Lipinski definition) is 2. The van der Waals surface area contributed by atoms with Crippen LogP contribution in [0.25, 0.3) is 0 Å². The zero-order valence-electron chi connectivity index (χ0n) is 12.3. The van der Waals surface area contributed by atoms with Crippen molar-refractivity contribution in [3.05, 3.63) is 0 Å². The van der Waals surface area contributed by atoms with E-state index in [4.69, 9.17) is 5.11 Å². The molecule has 2 N–H and O–H groups in total. The molecular formula is C15H24N2O3S. The van der Waals surface area contributed by atoms with Crippen LogP contribution in [0.5, 0.6) is 0 Å². The number of amides is 1. The molecule has 0 radical (unpaired) electrons. The first-order valence-electron chi connectivity index (χ1n) is 8.01. The van der Waals surface area contributed by atoms with Crippen LogP contribution in [-0.2, 0) is 9.59 Å². The van der Waals surface area contributed by atoms with Crippen LogP contribution in [0.1, 0.15) is 38.5 Å². The Morgan fingerprint density at radius 2 is 2.10 bits per heavy atom. The summed E-state index contributed by atoms with van der Waals surface area (Å²) < 4.78 is 0. The van der Waals surface area contributed by atoms with Gasteiger partial charge in [0.25, 0.3) is 0 Å². The second-order valence-electron chi connectivity index (χ2n) is 6.46. The van der Waals surface area contributed by atoms with E-state index in [1.807, 2.05) is 4.90 Å². The number of rotatable bonds is 3. The molecule has 6 heteroatoms. The van der Waals surface area contributed by atoms with E-state index in [-0.39, 0.29) is 24.4 Å². The van der Waals surface area contributed by atoms with Gasteiger partial charge in [0, 0.05) is 24.1 Å². The molecule has 3 rings (SSSR count). The molecule has 4 atom stereocenters. The summed E-state index contributed by atoms with van der Waals surface area (Å²) in [7, 11) is 0. The molecule has 0 aromatic carbocycles. The van der Waals surface area contributed by atoms with E-state index in [9.17, 15) is 9.59 Å². The highest BCUT2D eigenvalue weighted by Crippen LogP contribution is 2.34. The number of carboxylic acids is 1. The molecular weight excluding hydrogens is 288 g/mol. The fraction of sp³-hybridized carbons (Fsp3) is 0.867. The molecule has 2 heterocycles. The minimum Gasteiger partial charge on any atom is -0.481 e. The lowest BCUT2D eigenvalue weighted by Crippen LogP contribution is -2.53. The van der Waals surface area contributed by atoms with Gasteiger partial charge >= 0.3 is 5.97 Å². The van der Waals surface area contributed by atoms with Crippen LogP contribution in [0.3, 0.4) is 0 Å². The minimum atomic E-state index is -0.812. The number of fused-ring (bicyclic) bond motifs is 1. The Morgan fingerprint density at radius 1 is 1.29 bits per heavy atom. The number of carbonyl (C=O) groups excluding carboxylic acids is 1. The number of aliphatic carboxylic acids is 1. The van der Waals surface area contributed by atoms with Gasteiger partial charge in [-0.25, -0.2) is 0 Å². The normalized spacial score (nSPS) is 36.3. The van der Waals surface area contributed by atoms with Crippen molar-refractivity contribution in [1.29, 1.82) is 0 Å². The first kappa shape index (κ1) is 15.2. The number of carboxylic acid groups (broad SMARTS) is 1. The quantitative estimate of drug-likeness (QED) is 0.823. The Bertz CT molecular complexity index is 404. The Balaban J connectivity index is 1.64. The van der Waals surface area contributed by atoms with Crippen LogP contribution < -0.4 is 5.32 Å². The van der Waals surface area contributed by atoms with Gasteiger partial charge in [-0.3, -0.25) is 9.59 Å². The number of carbonyl (C=O) groups is 2. The third-order valence-electron chi connectivity index (χ3n) is 5.08. The Morgan fingerprint density at radius 3 is 2.86 bits per heavy atom. The van der Waals surface area contributed by atoms with Gasteiger partial charge in [0.1, 0.15) is 0 Å². The molecule has 0 aromatic heterocycles. The lowest BCUT2D eigenvalue weighted by atomic mass is 9.85. The van der Waals surface area contributed by atoms with E-state index in [0.29, 0.717) is 18.5 Å². The fourth-order valence-electron chi connectivity index (χ4n) is 4.03. The van der Waals surface area contributed by atoms with Crippen molar-refractivity contribution < 1.29 is 14.7 Å². The molecule has 1 saturated carbocycles. The topological polar surface area (TPSA) is 69.6 Å². The van der Waals surface area contributed by atoms with Crippen molar-refractivity contribution in [2.45, 2.75) is 56.7 Å². The molecule has 0 spiro atoms. The number of thioether (sulfide) groups is 1. The third-order valence-corrected chi connectivity index (χ3v) is 6.17. The van der Waals surface area contributed by atoms with Crippen molar-refractivity contribution in [1.82, 2.24) is 10.2 Å². The average molecular weight is 312 g/mol. The molecule has 118 valence electrons. The maximum atomic E-state index is 12.8. The highest BCUT2D eigenvalue weighted by atomic mass is 32.2. The van der Waals surface area contributed by atoms with E-state index in [2.05, 4.69) is 5.32 Å². The molecule has 1 amide bonds. The highest BCUT2D eigenvalue weighted by molar-refractivity contribution is 7.99. The van der Waals surface area contributed by atoms with Gasteiger partial charge in [0.05, 0.1) is 18.5 Å². The molecule has 3 aliphatic rings. The van der Waals surface area contributed by atoms with Crippen LogP contribution in [0.4, 0.5) is 0 Å². The Hall–Kier alpha value is -0.750. The Labute approximate surface area is 129 Å². The lowest BCUT2D eigenvalue weighted by molar-refractivity contribution is -0.141. The van der Waals surface area contributed by atoms with Gasteiger partial charge < -0.3 is 15.3 Å². The molecule has 21 heavy (non-hydrogen) atoms. The molecule has 1 aliphatic carbocycles. The third kappa shape index (κ3) is 3.37. The molecule has 0 aromatic rings. The summed E-state index contributed by atoms with van der Waals surface area (Å²) in [5, 5.41) is 12.6. The van der Waals surface area contributed by atoms with Gasteiger partial charge in [-0.2, -0.15) is 11.8 Å². The van der Waals surface area contributed by atoms with E-state index in [1.165, 1.54) is 25.7 Å². The van der Waals surface area contributed by atoms with Crippen molar-refractivity contribution in [3.63, 3.8) is 0 Å². The predicted molar refractivity (Wildman–Crippen MR) is 82.4 cm³/mol. The molecule has 0 bridgehead atoms. The summed E-state index contributed by atoms with van der Waals surface area (Å²) in [6, 6.07) is 0.278. The summed E-state index contributed by atoms with van der Waals surface area (Å²) >= 11 is 1.75. The zero-order valence-corrected chi connectivity index (χ0v) is 13.1. The monoisotopic (exact) mass is 312 g/mol. The lowest BCUT2D eigenvalue weighted by Gasteiger charge is -2.36. The van der Waals surface area contributed by atoms with Crippen LogP contribution in [-0.4, -0.2) is 58.1 Å². The number of nitrogens with zero attached hydrogens (tertiary/aromatic N) is 1. The summed E-state index contributed by atoms with van der Waals surface area (Å²) in [6.45, 7) is 0.689. The van der Waals surface area contributed by atoms with Crippen LogP contribution in [0, 0.1) is 5.92 Å². The second-order valence-corrected chi connectivity index (χ2v) is 7.61. The molecule has 5 nitrogen and oxygen atoms in total. The SMILES string of the molecule is O=C(O)CC1CSCCN1C(=O)C1CC2CCCCC2N1. The van der Waals surface area contributed by atoms with Crippen LogP contribution >= 0.6 is 11.8 Å². The maximum absolute atomic E-state index is 12.8. The zero-order chi connectivity index (χ0) is 14.8. The number of hydrogen-bond acceptors (Lipinski definition) is 4. The number of nitrogens with one attached hydrogen (secondary N) is 1. The average Bonchev–Trinajstić information content (AvgIpc) is 2.90. The van der Waals surface area contributed by atoms with Crippen molar-refractivity contribution in [2.75, 3.05) is 18.1 Å². The van der Waals surface area contributed by atoms with E-state index in [0.717, 1.165) is 17.9 Å². The van der Waals surface area contributed by atoms with Crippen molar-refractivity contribution in [3.8, 4) is 0 Å². The van der Waals surface area contributed by atoms with E-state index >= 15 is 0 Å². The summed E-state index contributed by atoms with van der Waals surface area (Å²) in [5.74, 6) is 1.63. The minimum absolute atomic E-state index is 0.0678. The highest BCUT2D eigenvalue weighted by Gasteiger charge is 2.41. The van der Waals surface area contributed by atoms with Crippen LogP contribution in [0.15, 0.2) is 0 Å². The molecule has 2 aliphatic heterocycles. The second kappa shape index (κ2) is 6.57. The van der Waals surface area contributed by atoms with Crippen LogP contribution in [0.2, 0.25) is 0 Å². The largest absolute Gasteiger partial charge is 0.481 e. The van der Waals surface area contributed by atoms with Gasteiger partial charge in [0.15, 0.2) is 0 Å². The summed E-state index contributed by atoms with van der Waals surface area (Å²) in [4.78, 5) is 25.6. The predicted octanol–water partition coefficient (Wildman–Crippen LogP) is 1.33. The van der Waals surface area contributed by atoms with Gasteiger partial charge in [0.2, 0.25) is 5.91 Å². The van der Waals surface area contributed by atoms with Gasteiger partial charge in [-0.1, -0.05) is 12.8 Å². The first-order chi connectivity index (χ1) is 10.1. The van der Waals surface area contributed by atoms with Gasteiger partial charge in [-0.15, -0.1) is 0 Å². The molecule has 3 fully saturated rings. The Kier molecular flexibility index (Phi) is 4.74. The first-order valence-corrected chi connectivity index (χ1v) is 9.16. The summed E-state index contributed by atoms with van der Waals surface area (Å²) in [5.41, 5.74) is 0. The van der Waals surface area contributed by atoms with Gasteiger partial charge in [-0.05, 0) is 25.2 Å². The van der Waals surface area contributed by atoms with E-state index < -0.39 is 5.97 Å². The maximum Gasteiger partial charge on any atom is 0.305 e. The van der Waals surface area contributed by atoms with Crippen molar-refractivity contribution >= 4 is 23.6 Å².